The van der Waals surface area contributed by atoms with E-state index in [4.69, 9.17) is 20.9 Å². The molecule has 152 valence electrons. The molecule has 6 N–H and O–H groups in total. The zero-order valence-electron chi connectivity index (χ0n) is 16.7. The van der Waals surface area contributed by atoms with E-state index in [2.05, 4.69) is 10.3 Å². The molecule has 0 spiro atoms. The molecule has 0 rings (SSSR count). The van der Waals surface area contributed by atoms with Gasteiger partial charge in [-0.3, -0.25) is 4.79 Å². The molecular weight excluding hydrogens is 340 g/mol. The summed E-state index contributed by atoms with van der Waals surface area (Å²) >= 11 is 0. The Labute approximate surface area is 155 Å². The summed E-state index contributed by atoms with van der Waals surface area (Å²) in [5, 5.41) is 12.2. The van der Waals surface area contributed by atoms with Gasteiger partial charge in [0, 0.05) is 13.0 Å². The van der Waals surface area contributed by atoms with Crippen LogP contribution in [0.1, 0.15) is 54.4 Å². The van der Waals surface area contributed by atoms with Crippen LogP contribution in [0.3, 0.4) is 0 Å². The van der Waals surface area contributed by atoms with Crippen LogP contribution in [0.15, 0.2) is 4.99 Å². The number of hydrogen-bond donors (Lipinski definition) is 4. The first kappa shape index (κ1) is 24.0. The van der Waals surface area contributed by atoms with Crippen molar-refractivity contribution in [2.24, 2.45) is 21.9 Å². The molecule has 1 atom stereocenters. The summed E-state index contributed by atoms with van der Waals surface area (Å²) < 4.78 is 10.6. The van der Waals surface area contributed by atoms with Crippen molar-refractivity contribution in [2.45, 2.75) is 65.5 Å². The van der Waals surface area contributed by atoms with E-state index in [1.165, 1.54) is 6.92 Å². The first-order valence-corrected chi connectivity index (χ1v) is 8.62. The van der Waals surface area contributed by atoms with E-state index in [1.54, 1.807) is 13.8 Å². The Kier molecular flexibility index (Phi) is 8.86. The summed E-state index contributed by atoms with van der Waals surface area (Å²) in [5.74, 6) is -0.724. The van der Waals surface area contributed by atoms with Crippen LogP contribution < -0.4 is 16.8 Å². The number of carbonyl (C=O) groups is 2. The van der Waals surface area contributed by atoms with Gasteiger partial charge in [0.25, 0.3) is 0 Å². The molecule has 0 saturated carbocycles. The summed E-state index contributed by atoms with van der Waals surface area (Å²) in [4.78, 5) is 28.3. The van der Waals surface area contributed by atoms with Gasteiger partial charge in [0.15, 0.2) is 5.96 Å². The van der Waals surface area contributed by atoms with Gasteiger partial charge in [-0.25, -0.2) is 9.79 Å². The molecule has 1 amide bonds. The number of alkyl carbamates (subject to hydrolysis) is 1. The molecule has 0 heterocycles. The van der Waals surface area contributed by atoms with E-state index >= 15 is 0 Å². The number of ether oxygens (including phenoxy) is 2. The standard InChI is InChI=1S/C17H34N4O5/c1-7-8-20-14(24)25-11-17(6,10-22)12(23)26-16(4,5)9-15(2,3)21-13(18)19/h22H,7-11H2,1-6H3,(H,20,24)(H4,18,19,21). The van der Waals surface area contributed by atoms with E-state index in [0.29, 0.717) is 13.0 Å². The summed E-state index contributed by atoms with van der Waals surface area (Å²) in [6, 6.07) is 0. The number of carbonyl (C=O) groups excluding carboxylic acids is 2. The van der Waals surface area contributed by atoms with Crippen LogP contribution in [0.5, 0.6) is 0 Å². The van der Waals surface area contributed by atoms with Gasteiger partial charge < -0.3 is 31.4 Å². The summed E-state index contributed by atoms with van der Waals surface area (Å²) in [7, 11) is 0. The van der Waals surface area contributed by atoms with Crippen LogP contribution in [-0.2, 0) is 14.3 Å². The molecule has 0 bridgehead atoms. The van der Waals surface area contributed by atoms with E-state index in [1.807, 2.05) is 20.8 Å². The van der Waals surface area contributed by atoms with Crippen molar-refractivity contribution in [3.05, 3.63) is 0 Å². The van der Waals surface area contributed by atoms with Crippen molar-refractivity contribution < 1.29 is 24.2 Å². The lowest BCUT2D eigenvalue weighted by Crippen LogP contribution is -2.45. The number of nitrogens with two attached hydrogens (primary N) is 2. The average Bonchev–Trinajstić information content (AvgIpc) is 2.47. The van der Waals surface area contributed by atoms with Gasteiger partial charge >= 0.3 is 12.1 Å². The van der Waals surface area contributed by atoms with Gasteiger partial charge in [-0.2, -0.15) is 0 Å². The minimum absolute atomic E-state index is 0.0520. The van der Waals surface area contributed by atoms with Crippen LogP contribution in [0.4, 0.5) is 4.79 Å². The highest BCUT2D eigenvalue weighted by Gasteiger charge is 2.41. The van der Waals surface area contributed by atoms with Crippen LogP contribution in [0.2, 0.25) is 0 Å². The molecule has 9 nitrogen and oxygen atoms in total. The van der Waals surface area contributed by atoms with Gasteiger partial charge in [0.05, 0.1) is 12.1 Å². The lowest BCUT2D eigenvalue weighted by Gasteiger charge is -2.35. The molecule has 0 saturated heterocycles. The third-order valence-electron chi connectivity index (χ3n) is 3.54. The number of hydrogen-bond acceptors (Lipinski definition) is 6. The SMILES string of the molecule is CCCNC(=O)OCC(C)(CO)C(=O)OC(C)(C)CC(C)(C)N=C(N)N. The topological polar surface area (TPSA) is 149 Å². The smallest absolute Gasteiger partial charge is 0.407 e. The summed E-state index contributed by atoms with van der Waals surface area (Å²) in [5.41, 5.74) is 7.93. The third-order valence-corrected chi connectivity index (χ3v) is 3.54. The number of nitrogens with one attached hydrogen (secondary N) is 1. The second kappa shape index (κ2) is 9.61. The monoisotopic (exact) mass is 374 g/mol. The zero-order chi connectivity index (χ0) is 20.6. The molecule has 0 aromatic rings. The number of aliphatic hydroxyl groups is 1. The van der Waals surface area contributed by atoms with Crippen LogP contribution in [0.25, 0.3) is 0 Å². The van der Waals surface area contributed by atoms with Gasteiger partial charge in [-0.15, -0.1) is 0 Å². The largest absolute Gasteiger partial charge is 0.459 e. The Hall–Kier alpha value is -2.03. The Morgan fingerprint density at radius 2 is 1.73 bits per heavy atom. The molecular formula is C17H34N4O5. The maximum atomic E-state index is 12.6. The average molecular weight is 374 g/mol. The van der Waals surface area contributed by atoms with E-state index in [-0.39, 0.29) is 12.6 Å². The first-order valence-electron chi connectivity index (χ1n) is 8.62. The van der Waals surface area contributed by atoms with Crippen molar-refractivity contribution in [3.8, 4) is 0 Å². The van der Waals surface area contributed by atoms with E-state index in [9.17, 15) is 14.7 Å². The van der Waals surface area contributed by atoms with Crippen molar-refractivity contribution >= 4 is 18.0 Å². The third kappa shape index (κ3) is 8.89. The second-order valence-corrected chi connectivity index (χ2v) is 7.90. The Balaban J connectivity index is 4.95. The highest BCUT2D eigenvalue weighted by atomic mass is 16.6. The molecule has 0 radical (unpaired) electrons. The number of aliphatic hydroxyl groups excluding tert-OH is 1. The quantitative estimate of drug-likeness (QED) is 0.252. The van der Waals surface area contributed by atoms with E-state index < -0.39 is 35.2 Å². The molecule has 0 aliphatic carbocycles. The number of guanidine groups is 1. The van der Waals surface area contributed by atoms with Gasteiger partial charge in [0.1, 0.15) is 17.6 Å². The summed E-state index contributed by atoms with van der Waals surface area (Å²) in [6.07, 6.45) is 0.462. The molecule has 0 aliphatic heterocycles. The highest BCUT2D eigenvalue weighted by molar-refractivity contribution is 5.78. The molecule has 0 aromatic carbocycles. The molecule has 26 heavy (non-hydrogen) atoms. The van der Waals surface area contributed by atoms with Crippen LogP contribution in [-0.4, -0.2) is 54.0 Å². The Morgan fingerprint density at radius 3 is 2.19 bits per heavy atom. The lowest BCUT2D eigenvalue weighted by atomic mass is 9.88. The second-order valence-electron chi connectivity index (χ2n) is 7.90. The fraction of sp³-hybridized carbons (Fsp3) is 0.824. The van der Waals surface area contributed by atoms with Gasteiger partial charge in [-0.1, -0.05) is 6.92 Å². The normalized spacial score (nSPS) is 14.1. The number of nitrogens with zero attached hydrogens (tertiary/aromatic N) is 1. The number of amides is 1. The van der Waals surface area contributed by atoms with Crippen molar-refractivity contribution in [2.75, 3.05) is 19.8 Å². The molecule has 0 aromatic heterocycles. The predicted molar refractivity (Wildman–Crippen MR) is 99.5 cm³/mol. The minimum Gasteiger partial charge on any atom is -0.459 e. The molecule has 0 aliphatic rings. The fourth-order valence-corrected chi connectivity index (χ4v) is 2.51. The zero-order valence-corrected chi connectivity index (χ0v) is 16.7. The van der Waals surface area contributed by atoms with Crippen LogP contribution in [0, 0.1) is 5.41 Å². The van der Waals surface area contributed by atoms with Gasteiger partial charge in [0.2, 0.25) is 0 Å². The number of rotatable bonds is 10. The maximum Gasteiger partial charge on any atom is 0.407 e. The maximum absolute atomic E-state index is 12.6. The number of aliphatic imine (C=N–C) groups is 1. The fourth-order valence-electron chi connectivity index (χ4n) is 2.51. The Bertz CT molecular complexity index is 515. The van der Waals surface area contributed by atoms with Crippen molar-refractivity contribution in [1.29, 1.82) is 0 Å². The highest BCUT2D eigenvalue weighted by Crippen LogP contribution is 2.29. The van der Waals surface area contributed by atoms with Crippen molar-refractivity contribution in [3.63, 3.8) is 0 Å². The number of esters is 1. The summed E-state index contributed by atoms with van der Waals surface area (Å²) in [6.45, 7) is 10.1. The predicted octanol–water partition coefficient (Wildman–Crippen LogP) is 0.885. The lowest BCUT2D eigenvalue weighted by molar-refractivity contribution is -0.174. The minimum atomic E-state index is -1.37. The molecule has 1 unspecified atom stereocenters. The van der Waals surface area contributed by atoms with Gasteiger partial charge in [-0.05, 0) is 41.0 Å². The molecule has 0 fully saturated rings. The van der Waals surface area contributed by atoms with Crippen molar-refractivity contribution in [1.82, 2.24) is 5.32 Å². The molecule has 9 heteroatoms. The van der Waals surface area contributed by atoms with E-state index in [0.717, 1.165) is 6.42 Å². The van der Waals surface area contributed by atoms with Crippen LogP contribution >= 0.6 is 0 Å². The first-order chi connectivity index (χ1) is 11.8. The Morgan fingerprint density at radius 1 is 1.15 bits per heavy atom.